The van der Waals surface area contributed by atoms with Gasteiger partial charge in [-0.3, -0.25) is 9.20 Å². The lowest BCUT2D eigenvalue weighted by atomic mass is 10.1. The van der Waals surface area contributed by atoms with Gasteiger partial charge in [-0.15, -0.1) is 10.2 Å². The molecule has 1 amide bonds. The van der Waals surface area contributed by atoms with Gasteiger partial charge >= 0.3 is 0 Å². The van der Waals surface area contributed by atoms with Crippen LogP contribution in [0.5, 0.6) is 0 Å². The number of benzene rings is 1. The van der Waals surface area contributed by atoms with Crippen LogP contribution >= 0.6 is 0 Å². The molecule has 0 bridgehead atoms. The highest BCUT2D eigenvalue weighted by Crippen LogP contribution is 2.27. The number of amides is 1. The van der Waals surface area contributed by atoms with E-state index in [4.69, 9.17) is 4.42 Å². The lowest BCUT2D eigenvalue weighted by Crippen LogP contribution is -2.48. The summed E-state index contributed by atoms with van der Waals surface area (Å²) < 4.78 is 7.21. The summed E-state index contributed by atoms with van der Waals surface area (Å²) in [5.74, 6) is 1.62. The quantitative estimate of drug-likeness (QED) is 0.534. The van der Waals surface area contributed by atoms with Gasteiger partial charge in [0.05, 0.1) is 12.8 Å². The van der Waals surface area contributed by atoms with Crippen LogP contribution in [0.1, 0.15) is 12.7 Å². The molecule has 1 aliphatic rings. The molecule has 0 radical (unpaired) electrons. The summed E-state index contributed by atoms with van der Waals surface area (Å²) >= 11 is 0. The zero-order chi connectivity index (χ0) is 21.2. The SMILES string of the molecule is CC(=O)N1CCN(c2ccc(-c3cnc(NCc4ccco4)n4cnnc34)cc2)CC1. The van der Waals surface area contributed by atoms with Gasteiger partial charge in [0.25, 0.3) is 0 Å². The fourth-order valence-electron chi connectivity index (χ4n) is 3.86. The molecule has 0 saturated carbocycles. The zero-order valence-electron chi connectivity index (χ0n) is 17.2. The molecule has 9 heteroatoms. The Labute approximate surface area is 179 Å². The molecule has 1 aliphatic heterocycles. The number of nitrogens with zero attached hydrogens (tertiary/aromatic N) is 6. The summed E-state index contributed by atoms with van der Waals surface area (Å²) in [6, 6.07) is 12.1. The number of fused-ring (bicyclic) bond motifs is 1. The molecule has 3 aromatic heterocycles. The lowest BCUT2D eigenvalue weighted by Gasteiger charge is -2.35. The number of carbonyl (C=O) groups is 1. The smallest absolute Gasteiger partial charge is 0.219 e. The Kier molecular flexibility index (Phi) is 4.99. The average Bonchev–Trinajstić information content (AvgIpc) is 3.50. The van der Waals surface area contributed by atoms with Crippen molar-refractivity contribution in [3.05, 3.63) is 60.9 Å². The van der Waals surface area contributed by atoms with Crippen molar-refractivity contribution in [2.45, 2.75) is 13.5 Å². The molecule has 4 heterocycles. The largest absolute Gasteiger partial charge is 0.467 e. The van der Waals surface area contributed by atoms with Gasteiger partial charge in [-0.2, -0.15) is 0 Å². The molecule has 4 aromatic rings. The van der Waals surface area contributed by atoms with Gasteiger partial charge in [0.2, 0.25) is 11.9 Å². The van der Waals surface area contributed by atoms with Crippen molar-refractivity contribution in [1.29, 1.82) is 0 Å². The van der Waals surface area contributed by atoms with Crippen LogP contribution in [-0.2, 0) is 11.3 Å². The maximum absolute atomic E-state index is 11.5. The highest BCUT2D eigenvalue weighted by Gasteiger charge is 2.19. The fraction of sp³-hybridized carbons (Fsp3) is 0.273. The summed E-state index contributed by atoms with van der Waals surface area (Å²) in [5, 5.41) is 11.6. The zero-order valence-corrected chi connectivity index (χ0v) is 17.2. The van der Waals surface area contributed by atoms with Crippen molar-refractivity contribution in [2.24, 2.45) is 0 Å². The molecular weight excluding hydrogens is 394 g/mol. The second-order valence-electron chi connectivity index (χ2n) is 7.49. The number of carbonyl (C=O) groups excluding carboxylic acids is 1. The van der Waals surface area contributed by atoms with Gasteiger partial charge in [-0.1, -0.05) is 12.1 Å². The molecule has 31 heavy (non-hydrogen) atoms. The summed E-state index contributed by atoms with van der Waals surface area (Å²) in [6.07, 6.45) is 5.11. The summed E-state index contributed by atoms with van der Waals surface area (Å²) in [5.41, 5.74) is 3.82. The molecule has 1 N–H and O–H groups in total. The minimum Gasteiger partial charge on any atom is -0.467 e. The van der Waals surface area contributed by atoms with Crippen LogP contribution in [0, 0.1) is 0 Å². The summed E-state index contributed by atoms with van der Waals surface area (Å²) in [4.78, 5) is 20.3. The first-order valence-electron chi connectivity index (χ1n) is 10.2. The number of anilines is 2. The molecule has 0 spiro atoms. The standard InChI is InChI=1S/C22H23N7O2/c1-16(30)27-8-10-28(11-9-27)18-6-4-17(5-7-18)20-14-24-22(29-15-25-26-21(20)29)23-13-19-3-2-12-31-19/h2-7,12,14-15H,8-11,13H2,1H3,(H,23,24). The second-order valence-corrected chi connectivity index (χ2v) is 7.49. The molecule has 0 aliphatic carbocycles. The van der Waals surface area contributed by atoms with Gasteiger partial charge in [0.1, 0.15) is 12.1 Å². The molecule has 1 aromatic carbocycles. The van der Waals surface area contributed by atoms with Gasteiger partial charge in [0.15, 0.2) is 5.65 Å². The van der Waals surface area contributed by atoms with Crippen LogP contribution in [0.25, 0.3) is 16.8 Å². The Balaban J connectivity index is 1.34. The number of piperazine rings is 1. The topological polar surface area (TPSA) is 91.8 Å². The number of aromatic nitrogens is 4. The van der Waals surface area contributed by atoms with Crippen LogP contribution in [-0.4, -0.2) is 56.6 Å². The molecule has 158 valence electrons. The first kappa shape index (κ1) is 19.1. The predicted octanol–water partition coefficient (Wildman–Crippen LogP) is 2.66. The van der Waals surface area contributed by atoms with Gasteiger partial charge in [-0.25, -0.2) is 4.98 Å². The van der Waals surface area contributed by atoms with Crippen molar-refractivity contribution >= 4 is 23.2 Å². The predicted molar refractivity (Wildman–Crippen MR) is 117 cm³/mol. The maximum Gasteiger partial charge on any atom is 0.219 e. The van der Waals surface area contributed by atoms with E-state index >= 15 is 0 Å². The molecular formula is C22H23N7O2. The molecule has 0 unspecified atom stereocenters. The first-order chi connectivity index (χ1) is 15.2. The van der Waals surface area contributed by atoms with E-state index in [0.717, 1.165) is 54.4 Å². The highest BCUT2D eigenvalue weighted by molar-refractivity contribution is 5.78. The van der Waals surface area contributed by atoms with Crippen molar-refractivity contribution in [3.8, 4) is 11.1 Å². The summed E-state index contributed by atoms with van der Waals surface area (Å²) in [7, 11) is 0. The first-order valence-corrected chi connectivity index (χ1v) is 10.2. The van der Waals surface area contributed by atoms with Crippen molar-refractivity contribution < 1.29 is 9.21 Å². The van der Waals surface area contributed by atoms with E-state index in [9.17, 15) is 4.79 Å². The van der Waals surface area contributed by atoms with Gasteiger partial charge in [-0.05, 0) is 29.8 Å². The Morgan fingerprint density at radius 3 is 2.65 bits per heavy atom. The normalized spacial score (nSPS) is 14.2. The number of hydrogen-bond donors (Lipinski definition) is 1. The molecule has 1 fully saturated rings. The van der Waals surface area contributed by atoms with Crippen LogP contribution in [0.3, 0.4) is 0 Å². The number of furan rings is 1. The third-order valence-corrected chi connectivity index (χ3v) is 5.60. The Morgan fingerprint density at radius 2 is 1.94 bits per heavy atom. The minimum atomic E-state index is 0.141. The third-order valence-electron chi connectivity index (χ3n) is 5.60. The number of rotatable bonds is 5. The third kappa shape index (κ3) is 3.81. The highest BCUT2D eigenvalue weighted by atomic mass is 16.3. The molecule has 9 nitrogen and oxygen atoms in total. The van der Waals surface area contributed by atoms with Crippen LogP contribution in [0.4, 0.5) is 11.6 Å². The van der Waals surface area contributed by atoms with Gasteiger partial charge < -0.3 is 19.5 Å². The Morgan fingerprint density at radius 1 is 1.13 bits per heavy atom. The van der Waals surface area contributed by atoms with Gasteiger partial charge in [0, 0.05) is 50.6 Å². The van der Waals surface area contributed by atoms with E-state index in [0.29, 0.717) is 12.5 Å². The Hall–Kier alpha value is -3.88. The van der Waals surface area contributed by atoms with E-state index in [2.05, 4.69) is 49.7 Å². The van der Waals surface area contributed by atoms with Crippen LogP contribution < -0.4 is 10.2 Å². The van der Waals surface area contributed by atoms with E-state index < -0.39 is 0 Å². The van der Waals surface area contributed by atoms with Crippen molar-refractivity contribution in [1.82, 2.24) is 24.5 Å². The molecule has 0 atom stereocenters. The van der Waals surface area contributed by atoms with Crippen molar-refractivity contribution in [2.75, 3.05) is 36.4 Å². The van der Waals surface area contributed by atoms with Crippen molar-refractivity contribution in [3.63, 3.8) is 0 Å². The van der Waals surface area contributed by atoms with E-state index in [1.807, 2.05) is 27.6 Å². The monoisotopic (exact) mass is 417 g/mol. The van der Waals surface area contributed by atoms with Crippen LogP contribution in [0.15, 0.2) is 59.6 Å². The van der Waals surface area contributed by atoms with E-state index in [1.165, 1.54) is 0 Å². The van der Waals surface area contributed by atoms with Crippen LogP contribution in [0.2, 0.25) is 0 Å². The fourth-order valence-corrected chi connectivity index (χ4v) is 3.86. The summed E-state index contributed by atoms with van der Waals surface area (Å²) in [6.45, 7) is 5.34. The lowest BCUT2D eigenvalue weighted by molar-refractivity contribution is -0.129. The minimum absolute atomic E-state index is 0.141. The average molecular weight is 417 g/mol. The number of hydrogen-bond acceptors (Lipinski definition) is 7. The number of nitrogens with one attached hydrogen (secondary N) is 1. The van der Waals surface area contributed by atoms with E-state index in [-0.39, 0.29) is 5.91 Å². The molecule has 1 saturated heterocycles. The second kappa shape index (κ2) is 8.10. The van der Waals surface area contributed by atoms with E-state index in [1.54, 1.807) is 19.5 Å². The molecule has 5 rings (SSSR count). The maximum atomic E-state index is 11.5. The Bertz CT molecular complexity index is 1180.